The number of hydrogen-bond acceptors (Lipinski definition) is 4. The van der Waals surface area contributed by atoms with Crippen molar-refractivity contribution in [3.8, 4) is 0 Å². The van der Waals surface area contributed by atoms with E-state index in [4.69, 9.17) is 4.84 Å². The van der Waals surface area contributed by atoms with Crippen molar-refractivity contribution >= 4 is 21.9 Å². The van der Waals surface area contributed by atoms with Gasteiger partial charge in [0, 0.05) is 5.57 Å². The lowest BCUT2D eigenvalue weighted by atomic mass is 10.1. The van der Waals surface area contributed by atoms with Gasteiger partial charge in [0.15, 0.2) is 0 Å². The second-order valence-corrected chi connectivity index (χ2v) is 3.98. The molecule has 0 fully saturated rings. The van der Waals surface area contributed by atoms with Crippen molar-refractivity contribution in [2.75, 3.05) is 12.6 Å². The Morgan fingerprint density at radius 1 is 1.47 bits per heavy atom. The van der Waals surface area contributed by atoms with Gasteiger partial charge in [0.25, 0.3) is 0 Å². The molecular formula is C12H13FN2OS. The molecule has 0 atom stereocenters. The highest BCUT2D eigenvalue weighted by molar-refractivity contribution is 7.14. The van der Waals surface area contributed by atoms with Crippen LogP contribution < -0.4 is 5.48 Å². The van der Waals surface area contributed by atoms with Crippen molar-refractivity contribution in [1.82, 2.24) is 4.98 Å². The van der Waals surface area contributed by atoms with Gasteiger partial charge in [0.2, 0.25) is 0 Å². The Balaban J connectivity index is 2.85. The number of halogens is 1. The second kappa shape index (κ2) is 6.12. The molecule has 0 aromatic carbocycles. The summed E-state index contributed by atoms with van der Waals surface area (Å²) < 4.78 is 12.5. The fourth-order valence-electron chi connectivity index (χ4n) is 1.07. The molecule has 1 aromatic rings. The van der Waals surface area contributed by atoms with E-state index < -0.39 is 5.83 Å². The molecule has 1 N–H and O–H groups in total. The van der Waals surface area contributed by atoms with Crippen LogP contribution in [0.4, 0.5) is 9.39 Å². The molecule has 0 unspecified atom stereocenters. The molecule has 5 heteroatoms. The fourth-order valence-corrected chi connectivity index (χ4v) is 1.75. The van der Waals surface area contributed by atoms with Gasteiger partial charge in [0.05, 0.1) is 12.6 Å². The van der Waals surface area contributed by atoms with Crippen LogP contribution in [0, 0.1) is 0 Å². The first-order valence-corrected chi connectivity index (χ1v) is 5.57. The molecule has 0 saturated carbocycles. The molecule has 1 aromatic heterocycles. The Labute approximate surface area is 104 Å². The number of hydrogen-bond donors (Lipinski definition) is 1. The minimum atomic E-state index is -0.535. The Bertz CT molecular complexity index is 477. The number of nitrogens with one attached hydrogen (secondary N) is 1. The average Bonchev–Trinajstić information content (AvgIpc) is 2.73. The molecule has 17 heavy (non-hydrogen) atoms. The zero-order chi connectivity index (χ0) is 12.8. The van der Waals surface area contributed by atoms with Crippen molar-refractivity contribution in [3.05, 3.63) is 54.5 Å². The van der Waals surface area contributed by atoms with Crippen LogP contribution in [-0.2, 0) is 4.84 Å². The van der Waals surface area contributed by atoms with Gasteiger partial charge in [-0.05, 0) is 11.6 Å². The first-order valence-electron chi connectivity index (χ1n) is 4.69. The molecule has 0 spiro atoms. The van der Waals surface area contributed by atoms with Gasteiger partial charge < -0.3 is 0 Å². The second-order valence-electron chi connectivity index (χ2n) is 3.12. The zero-order valence-electron chi connectivity index (χ0n) is 9.50. The van der Waals surface area contributed by atoms with Crippen LogP contribution in [0.25, 0.3) is 5.57 Å². The van der Waals surface area contributed by atoms with Crippen LogP contribution in [0.2, 0.25) is 0 Å². The molecule has 0 saturated heterocycles. The maximum atomic E-state index is 12.5. The molecule has 0 radical (unpaired) electrons. The lowest BCUT2D eigenvalue weighted by Gasteiger charge is -2.06. The van der Waals surface area contributed by atoms with E-state index in [1.54, 1.807) is 5.51 Å². The van der Waals surface area contributed by atoms with Gasteiger partial charge in [-0.3, -0.25) is 10.3 Å². The van der Waals surface area contributed by atoms with Gasteiger partial charge >= 0.3 is 0 Å². The third-order valence-corrected chi connectivity index (χ3v) is 2.62. The third-order valence-electron chi connectivity index (χ3n) is 1.90. The molecule has 0 aliphatic heterocycles. The van der Waals surface area contributed by atoms with Crippen LogP contribution >= 0.6 is 11.3 Å². The van der Waals surface area contributed by atoms with E-state index in [1.807, 2.05) is 0 Å². The average molecular weight is 252 g/mol. The summed E-state index contributed by atoms with van der Waals surface area (Å²) in [4.78, 5) is 8.96. The number of nitrogens with zero attached hydrogens (tertiary/aromatic N) is 1. The molecular weight excluding hydrogens is 239 g/mol. The fraction of sp³-hybridized carbons (Fsp3) is 0.0833. The summed E-state index contributed by atoms with van der Waals surface area (Å²) in [5.74, 6) is -0.535. The number of rotatable bonds is 6. The SMILES string of the molecule is C=C(F)/C=C\C(=C)C(=C)c1ncsc1NOC. The Hall–Kier alpha value is -1.72. The smallest absolute Gasteiger partial charge is 0.141 e. The van der Waals surface area contributed by atoms with Crippen molar-refractivity contribution in [1.29, 1.82) is 0 Å². The van der Waals surface area contributed by atoms with E-state index in [0.717, 1.165) is 5.00 Å². The van der Waals surface area contributed by atoms with Gasteiger partial charge in [-0.25, -0.2) is 9.37 Å². The van der Waals surface area contributed by atoms with Crippen molar-refractivity contribution in [2.45, 2.75) is 0 Å². The van der Waals surface area contributed by atoms with Crippen LogP contribution in [0.15, 0.2) is 48.8 Å². The first-order chi connectivity index (χ1) is 8.06. The maximum absolute atomic E-state index is 12.5. The quantitative estimate of drug-likeness (QED) is 0.619. The van der Waals surface area contributed by atoms with E-state index in [0.29, 0.717) is 16.8 Å². The molecule has 1 rings (SSSR count). The van der Waals surface area contributed by atoms with Crippen molar-refractivity contribution in [3.63, 3.8) is 0 Å². The van der Waals surface area contributed by atoms with Gasteiger partial charge in [-0.1, -0.05) is 25.8 Å². The van der Waals surface area contributed by atoms with E-state index >= 15 is 0 Å². The third kappa shape index (κ3) is 3.65. The standard InChI is InChI=1S/C12H13FN2OS/c1-8(5-6-9(2)13)10(3)11-12(15-16-4)17-7-14-11/h5-7,15H,1-3H2,4H3/b6-5-. The maximum Gasteiger partial charge on any atom is 0.141 e. The number of anilines is 1. The van der Waals surface area contributed by atoms with Crippen LogP contribution in [0.3, 0.4) is 0 Å². The number of allylic oxidation sites excluding steroid dienone is 5. The van der Waals surface area contributed by atoms with Crippen molar-refractivity contribution < 1.29 is 9.23 Å². The molecule has 3 nitrogen and oxygen atoms in total. The lowest BCUT2D eigenvalue weighted by Crippen LogP contribution is -1.97. The molecule has 1 heterocycles. The van der Waals surface area contributed by atoms with Gasteiger partial charge in [-0.15, -0.1) is 11.3 Å². The summed E-state index contributed by atoms with van der Waals surface area (Å²) in [7, 11) is 1.51. The van der Waals surface area contributed by atoms with Gasteiger partial charge in [-0.2, -0.15) is 0 Å². The normalized spacial score (nSPS) is 10.5. The van der Waals surface area contributed by atoms with E-state index in [1.165, 1.54) is 30.6 Å². The summed E-state index contributed by atoms with van der Waals surface area (Å²) in [5, 5.41) is 0.728. The summed E-state index contributed by atoms with van der Waals surface area (Å²) >= 11 is 1.38. The largest absolute Gasteiger partial charge is 0.279 e. The highest BCUT2D eigenvalue weighted by atomic mass is 32.1. The molecule has 0 bridgehead atoms. The summed E-state index contributed by atoms with van der Waals surface area (Å²) in [6.45, 7) is 10.8. The molecule has 0 amide bonds. The lowest BCUT2D eigenvalue weighted by molar-refractivity contribution is 0.272. The predicted octanol–water partition coefficient (Wildman–Crippen LogP) is 3.73. The predicted molar refractivity (Wildman–Crippen MR) is 70.3 cm³/mol. The highest BCUT2D eigenvalue weighted by Gasteiger charge is 2.10. The number of thiazole rings is 1. The number of aromatic nitrogens is 1. The topological polar surface area (TPSA) is 34.2 Å². The van der Waals surface area contributed by atoms with E-state index in [-0.39, 0.29) is 0 Å². The monoisotopic (exact) mass is 252 g/mol. The minimum absolute atomic E-state index is 0.535. The highest BCUT2D eigenvalue weighted by Crippen LogP contribution is 2.30. The summed E-state index contributed by atoms with van der Waals surface area (Å²) in [5.41, 5.74) is 6.15. The zero-order valence-corrected chi connectivity index (χ0v) is 10.3. The molecule has 90 valence electrons. The van der Waals surface area contributed by atoms with E-state index in [2.05, 4.69) is 30.2 Å². The summed E-state index contributed by atoms with van der Waals surface area (Å²) in [6, 6.07) is 0. The Morgan fingerprint density at radius 2 is 2.18 bits per heavy atom. The van der Waals surface area contributed by atoms with Crippen LogP contribution in [0.5, 0.6) is 0 Å². The molecule has 0 aliphatic carbocycles. The van der Waals surface area contributed by atoms with E-state index in [9.17, 15) is 4.39 Å². The van der Waals surface area contributed by atoms with Crippen LogP contribution in [-0.4, -0.2) is 12.1 Å². The van der Waals surface area contributed by atoms with Gasteiger partial charge in [0.1, 0.15) is 16.5 Å². The summed E-state index contributed by atoms with van der Waals surface area (Å²) in [6.07, 6.45) is 2.73. The first kappa shape index (κ1) is 13.3. The van der Waals surface area contributed by atoms with Crippen LogP contribution in [0.1, 0.15) is 5.69 Å². The Kier molecular flexibility index (Phi) is 4.81. The molecule has 0 aliphatic rings. The van der Waals surface area contributed by atoms with Crippen molar-refractivity contribution in [2.24, 2.45) is 0 Å². The minimum Gasteiger partial charge on any atom is -0.279 e. The Morgan fingerprint density at radius 3 is 2.76 bits per heavy atom.